The van der Waals surface area contributed by atoms with Gasteiger partial charge >= 0.3 is 0 Å². The van der Waals surface area contributed by atoms with Crippen molar-refractivity contribution in [3.8, 4) is 0 Å². The molecule has 1 saturated heterocycles. The molecule has 1 aromatic carbocycles. The van der Waals surface area contributed by atoms with Crippen molar-refractivity contribution in [2.45, 2.75) is 31.8 Å². The number of nitrogens with one attached hydrogen (secondary N) is 1. The molecule has 0 saturated carbocycles. The Bertz CT molecular complexity index is 319. The molecule has 2 heteroatoms. The van der Waals surface area contributed by atoms with E-state index >= 15 is 0 Å². The number of rotatable bonds is 2. The average molecular weight is 204 g/mol. The fourth-order valence-corrected chi connectivity index (χ4v) is 2.50. The van der Waals surface area contributed by atoms with Gasteiger partial charge < -0.3 is 10.2 Å². The minimum Gasteiger partial charge on any atom is -0.365 e. The van der Waals surface area contributed by atoms with E-state index < -0.39 is 0 Å². The maximum atomic E-state index is 3.38. The first-order valence-electron chi connectivity index (χ1n) is 5.63. The lowest BCUT2D eigenvalue weighted by atomic mass is 10.00. The maximum absolute atomic E-state index is 3.38. The quantitative estimate of drug-likeness (QED) is 0.795. The van der Waals surface area contributed by atoms with Gasteiger partial charge in [0.1, 0.15) is 0 Å². The van der Waals surface area contributed by atoms with E-state index in [1.54, 1.807) is 0 Å². The molecule has 1 heterocycles. The van der Waals surface area contributed by atoms with E-state index in [0.29, 0.717) is 6.04 Å². The molecule has 2 rings (SSSR count). The molecule has 1 fully saturated rings. The van der Waals surface area contributed by atoms with Gasteiger partial charge in [0.05, 0.1) is 0 Å². The predicted molar refractivity (Wildman–Crippen MR) is 65.3 cm³/mol. The summed E-state index contributed by atoms with van der Waals surface area (Å²) in [4.78, 5) is 2.49. The Labute approximate surface area is 92.3 Å². The van der Waals surface area contributed by atoms with Crippen molar-refractivity contribution in [1.82, 2.24) is 5.32 Å². The molecule has 1 unspecified atom stereocenters. The van der Waals surface area contributed by atoms with Gasteiger partial charge in [0.25, 0.3) is 0 Å². The molecule has 0 spiro atoms. The van der Waals surface area contributed by atoms with Crippen molar-refractivity contribution in [2.75, 3.05) is 18.5 Å². The fourth-order valence-electron chi connectivity index (χ4n) is 2.50. The smallest absolute Gasteiger partial charge is 0.0371 e. The van der Waals surface area contributed by atoms with E-state index in [1.165, 1.54) is 12.1 Å². The highest BCUT2D eigenvalue weighted by Crippen LogP contribution is 2.33. The first-order valence-corrected chi connectivity index (χ1v) is 5.63. The largest absolute Gasteiger partial charge is 0.365 e. The highest BCUT2D eigenvalue weighted by atomic mass is 15.2. The van der Waals surface area contributed by atoms with Gasteiger partial charge in [-0.05, 0) is 39.4 Å². The number of benzene rings is 1. The minimum absolute atomic E-state index is 0.259. The third-order valence-corrected chi connectivity index (χ3v) is 3.36. The lowest BCUT2D eigenvalue weighted by molar-refractivity contribution is 0.487. The van der Waals surface area contributed by atoms with Crippen molar-refractivity contribution in [3.05, 3.63) is 30.3 Å². The topological polar surface area (TPSA) is 15.3 Å². The van der Waals surface area contributed by atoms with Gasteiger partial charge in [0.2, 0.25) is 0 Å². The van der Waals surface area contributed by atoms with E-state index in [9.17, 15) is 0 Å². The molecular weight excluding hydrogens is 184 g/mol. The summed E-state index contributed by atoms with van der Waals surface area (Å²) in [5.41, 5.74) is 1.59. The molecule has 1 aliphatic heterocycles. The molecule has 1 aliphatic rings. The van der Waals surface area contributed by atoms with E-state index in [1.807, 2.05) is 0 Å². The minimum atomic E-state index is 0.259. The van der Waals surface area contributed by atoms with Crippen LogP contribution in [0.1, 0.15) is 20.3 Å². The van der Waals surface area contributed by atoms with Gasteiger partial charge in [-0.1, -0.05) is 18.2 Å². The van der Waals surface area contributed by atoms with Crippen LogP contribution in [-0.2, 0) is 0 Å². The number of hydrogen-bond acceptors (Lipinski definition) is 2. The molecule has 2 nitrogen and oxygen atoms in total. The van der Waals surface area contributed by atoms with Crippen molar-refractivity contribution in [1.29, 1.82) is 0 Å². The molecule has 1 atom stereocenters. The van der Waals surface area contributed by atoms with Gasteiger partial charge in [0.15, 0.2) is 0 Å². The molecule has 0 bridgehead atoms. The second kappa shape index (κ2) is 3.86. The van der Waals surface area contributed by atoms with Crippen molar-refractivity contribution in [2.24, 2.45) is 0 Å². The van der Waals surface area contributed by atoms with E-state index in [0.717, 1.165) is 6.54 Å². The predicted octanol–water partition coefficient (Wildman–Crippen LogP) is 2.26. The van der Waals surface area contributed by atoms with Crippen LogP contribution in [0.15, 0.2) is 30.3 Å². The van der Waals surface area contributed by atoms with Gasteiger partial charge in [-0.25, -0.2) is 0 Å². The highest BCUT2D eigenvalue weighted by Gasteiger charge is 2.37. The van der Waals surface area contributed by atoms with Crippen LogP contribution >= 0.6 is 0 Å². The molecule has 0 radical (unpaired) electrons. The third-order valence-electron chi connectivity index (χ3n) is 3.36. The monoisotopic (exact) mass is 204 g/mol. The Balaban J connectivity index is 2.23. The molecule has 1 aromatic rings. The molecule has 82 valence electrons. The zero-order valence-corrected chi connectivity index (χ0v) is 9.83. The fraction of sp³-hybridized carbons (Fsp3) is 0.538. The van der Waals surface area contributed by atoms with Crippen LogP contribution in [0.4, 0.5) is 5.69 Å². The Morgan fingerprint density at radius 3 is 2.47 bits per heavy atom. The zero-order chi connectivity index (χ0) is 10.9. The second-order valence-corrected chi connectivity index (χ2v) is 4.95. The van der Waals surface area contributed by atoms with E-state index in [4.69, 9.17) is 0 Å². The first-order chi connectivity index (χ1) is 7.13. The van der Waals surface area contributed by atoms with Crippen LogP contribution in [0.3, 0.4) is 0 Å². The van der Waals surface area contributed by atoms with Crippen molar-refractivity contribution < 1.29 is 0 Å². The summed E-state index contributed by atoms with van der Waals surface area (Å²) >= 11 is 0. The van der Waals surface area contributed by atoms with Crippen LogP contribution in [0.5, 0.6) is 0 Å². The van der Waals surface area contributed by atoms with E-state index in [-0.39, 0.29) is 5.54 Å². The van der Waals surface area contributed by atoms with Crippen LogP contribution in [0.2, 0.25) is 0 Å². The van der Waals surface area contributed by atoms with Crippen LogP contribution in [0, 0.1) is 0 Å². The van der Waals surface area contributed by atoms with Gasteiger partial charge in [-0.2, -0.15) is 0 Å². The summed E-state index contributed by atoms with van der Waals surface area (Å²) in [5.74, 6) is 0. The van der Waals surface area contributed by atoms with Crippen LogP contribution in [-0.4, -0.2) is 25.2 Å². The number of anilines is 1. The standard InChI is InChI=1S/C13H20N2/c1-13(2)9-11(14-3)10-15(13)12-7-5-4-6-8-12/h4-8,11,14H,9-10H2,1-3H3. The Morgan fingerprint density at radius 1 is 1.27 bits per heavy atom. The Hall–Kier alpha value is -1.02. The molecule has 0 aromatic heterocycles. The number of nitrogens with zero attached hydrogens (tertiary/aromatic N) is 1. The Morgan fingerprint density at radius 2 is 1.93 bits per heavy atom. The lowest BCUT2D eigenvalue weighted by Gasteiger charge is -2.33. The lowest BCUT2D eigenvalue weighted by Crippen LogP contribution is -2.38. The molecule has 0 amide bonds. The average Bonchev–Trinajstić information content (AvgIpc) is 2.55. The number of para-hydroxylation sites is 1. The zero-order valence-electron chi connectivity index (χ0n) is 9.83. The number of likely N-dealkylation sites (N-methyl/N-ethyl adjacent to an activating group) is 1. The summed E-state index contributed by atoms with van der Waals surface area (Å²) in [7, 11) is 2.05. The first kappa shape index (κ1) is 10.5. The molecule has 1 N–H and O–H groups in total. The second-order valence-electron chi connectivity index (χ2n) is 4.95. The molecule has 0 aliphatic carbocycles. The normalized spacial score (nSPS) is 24.5. The van der Waals surface area contributed by atoms with E-state index in [2.05, 4.69) is 61.4 Å². The van der Waals surface area contributed by atoms with Crippen molar-refractivity contribution >= 4 is 5.69 Å². The molecular formula is C13H20N2. The summed E-state index contributed by atoms with van der Waals surface area (Å²) in [6.07, 6.45) is 1.21. The van der Waals surface area contributed by atoms with Crippen LogP contribution < -0.4 is 10.2 Å². The summed E-state index contributed by atoms with van der Waals surface area (Å²) in [6.45, 7) is 5.74. The third kappa shape index (κ3) is 2.00. The maximum Gasteiger partial charge on any atom is 0.0371 e. The Kier molecular flexibility index (Phi) is 2.70. The summed E-state index contributed by atoms with van der Waals surface area (Å²) in [5, 5.41) is 3.38. The molecule has 15 heavy (non-hydrogen) atoms. The van der Waals surface area contributed by atoms with Crippen LogP contribution in [0.25, 0.3) is 0 Å². The number of hydrogen-bond donors (Lipinski definition) is 1. The van der Waals surface area contributed by atoms with Crippen molar-refractivity contribution in [3.63, 3.8) is 0 Å². The van der Waals surface area contributed by atoms with Gasteiger partial charge in [-0.15, -0.1) is 0 Å². The van der Waals surface area contributed by atoms with Gasteiger partial charge in [0, 0.05) is 23.8 Å². The summed E-state index contributed by atoms with van der Waals surface area (Å²) in [6, 6.07) is 11.3. The highest BCUT2D eigenvalue weighted by molar-refractivity contribution is 5.50. The SMILES string of the molecule is CNC1CN(c2ccccc2)C(C)(C)C1. The van der Waals surface area contributed by atoms with Gasteiger partial charge in [-0.3, -0.25) is 0 Å². The summed E-state index contributed by atoms with van der Waals surface area (Å²) < 4.78 is 0.